The van der Waals surface area contributed by atoms with Crippen LogP contribution in [-0.2, 0) is 16.0 Å². The second kappa shape index (κ2) is 8.45. The lowest BCUT2D eigenvalue weighted by Gasteiger charge is -2.31. The van der Waals surface area contributed by atoms with Crippen LogP contribution in [0.5, 0.6) is 0 Å². The molecule has 140 valence electrons. The number of ether oxygens (including phenoxy) is 1. The molecule has 1 aromatic carbocycles. The second-order valence-corrected chi connectivity index (χ2v) is 7.32. The molecule has 5 nitrogen and oxygen atoms in total. The van der Waals surface area contributed by atoms with E-state index in [9.17, 15) is 9.18 Å². The summed E-state index contributed by atoms with van der Waals surface area (Å²) in [6.45, 7) is 5.06. The zero-order valence-electron chi connectivity index (χ0n) is 15.3. The normalized spacial score (nSPS) is 20.3. The van der Waals surface area contributed by atoms with Crippen LogP contribution >= 0.6 is 0 Å². The van der Waals surface area contributed by atoms with Gasteiger partial charge in [0, 0.05) is 18.8 Å². The molecule has 0 spiro atoms. The number of amides is 1. The van der Waals surface area contributed by atoms with Crippen LogP contribution in [0.1, 0.15) is 38.8 Å². The standard InChI is InChI=1S/C20H26FN3O2/c1-14(2)11-19-12-16(8-10-26-19)22-20(25)13-17-7-9-24(23-17)18-5-3-15(21)4-6-18/h3-7,9,14,16,19H,8,10-13H2,1-2H3,(H,22,25)/t16-,19+/m1/s1. The maximum absolute atomic E-state index is 13.0. The Bertz CT molecular complexity index is 727. The maximum Gasteiger partial charge on any atom is 0.226 e. The lowest BCUT2D eigenvalue weighted by molar-refractivity contribution is -0.122. The van der Waals surface area contributed by atoms with Crippen LogP contribution in [0.3, 0.4) is 0 Å². The Kier molecular flexibility index (Phi) is 6.04. The second-order valence-electron chi connectivity index (χ2n) is 7.32. The van der Waals surface area contributed by atoms with Gasteiger partial charge in [-0.15, -0.1) is 0 Å². The fourth-order valence-corrected chi connectivity index (χ4v) is 3.34. The summed E-state index contributed by atoms with van der Waals surface area (Å²) in [6.07, 6.45) is 4.99. The first kappa shape index (κ1) is 18.6. The van der Waals surface area contributed by atoms with E-state index in [1.165, 1.54) is 12.1 Å². The Hall–Kier alpha value is -2.21. The van der Waals surface area contributed by atoms with Gasteiger partial charge < -0.3 is 10.1 Å². The highest BCUT2D eigenvalue weighted by Gasteiger charge is 2.24. The Labute approximate surface area is 153 Å². The summed E-state index contributed by atoms with van der Waals surface area (Å²) < 4.78 is 20.4. The van der Waals surface area contributed by atoms with Crippen molar-refractivity contribution in [2.24, 2.45) is 5.92 Å². The molecule has 2 aromatic rings. The van der Waals surface area contributed by atoms with Crippen molar-refractivity contribution >= 4 is 5.91 Å². The van der Waals surface area contributed by atoms with Crippen molar-refractivity contribution < 1.29 is 13.9 Å². The van der Waals surface area contributed by atoms with E-state index in [-0.39, 0.29) is 30.3 Å². The Morgan fingerprint density at radius 3 is 2.85 bits per heavy atom. The van der Waals surface area contributed by atoms with Crippen molar-refractivity contribution in [3.8, 4) is 5.69 Å². The molecule has 0 radical (unpaired) electrons. The average Bonchev–Trinajstić information content (AvgIpc) is 3.03. The average molecular weight is 359 g/mol. The number of benzene rings is 1. The van der Waals surface area contributed by atoms with Gasteiger partial charge in [-0.05, 0) is 55.5 Å². The minimum Gasteiger partial charge on any atom is -0.378 e. The van der Waals surface area contributed by atoms with E-state index in [1.54, 1.807) is 23.0 Å². The highest BCUT2D eigenvalue weighted by atomic mass is 19.1. The molecule has 1 aromatic heterocycles. The van der Waals surface area contributed by atoms with Crippen molar-refractivity contribution in [1.82, 2.24) is 15.1 Å². The Morgan fingerprint density at radius 1 is 1.35 bits per heavy atom. The molecule has 2 heterocycles. The predicted molar refractivity (Wildman–Crippen MR) is 97.6 cm³/mol. The highest BCUT2D eigenvalue weighted by Crippen LogP contribution is 2.20. The fraction of sp³-hybridized carbons (Fsp3) is 0.500. The van der Waals surface area contributed by atoms with Crippen LogP contribution in [0, 0.1) is 11.7 Å². The van der Waals surface area contributed by atoms with Crippen LogP contribution in [0.4, 0.5) is 4.39 Å². The van der Waals surface area contributed by atoms with Crippen LogP contribution < -0.4 is 5.32 Å². The Balaban J connectivity index is 1.53. The molecule has 0 saturated carbocycles. The molecule has 1 fully saturated rings. The van der Waals surface area contributed by atoms with Gasteiger partial charge in [0.25, 0.3) is 0 Å². The van der Waals surface area contributed by atoms with Crippen molar-refractivity contribution in [1.29, 1.82) is 0 Å². The van der Waals surface area contributed by atoms with Gasteiger partial charge in [0.05, 0.1) is 23.9 Å². The lowest BCUT2D eigenvalue weighted by Crippen LogP contribution is -2.43. The number of nitrogens with zero attached hydrogens (tertiary/aromatic N) is 2. The van der Waals surface area contributed by atoms with E-state index < -0.39 is 0 Å². The molecular formula is C20H26FN3O2. The van der Waals surface area contributed by atoms with Crippen LogP contribution in [-0.4, -0.2) is 34.4 Å². The summed E-state index contributed by atoms with van der Waals surface area (Å²) in [5.74, 6) is 0.280. The molecule has 0 bridgehead atoms. The molecular weight excluding hydrogens is 333 g/mol. The van der Waals surface area contributed by atoms with Gasteiger partial charge in [0.2, 0.25) is 5.91 Å². The summed E-state index contributed by atoms with van der Waals surface area (Å²) in [7, 11) is 0. The number of halogens is 1. The Morgan fingerprint density at radius 2 is 2.12 bits per heavy atom. The smallest absolute Gasteiger partial charge is 0.226 e. The summed E-state index contributed by atoms with van der Waals surface area (Å²) in [4.78, 5) is 12.3. The number of aromatic nitrogens is 2. The van der Waals surface area contributed by atoms with E-state index in [2.05, 4.69) is 24.3 Å². The number of hydrogen-bond acceptors (Lipinski definition) is 3. The van der Waals surface area contributed by atoms with Gasteiger partial charge in [-0.25, -0.2) is 9.07 Å². The molecule has 1 aliphatic heterocycles. The van der Waals surface area contributed by atoms with Gasteiger partial charge in [0.1, 0.15) is 5.82 Å². The molecule has 1 amide bonds. The number of carbonyl (C=O) groups is 1. The van der Waals surface area contributed by atoms with E-state index >= 15 is 0 Å². The van der Waals surface area contributed by atoms with Gasteiger partial charge >= 0.3 is 0 Å². The summed E-state index contributed by atoms with van der Waals surface area (Å²) in [5, 5.41) is 7.52. The van der Waals surface area contributed by atoms with Crippen molar-refractivity contribution in [3.05, 3.63) is 48.0 Å². The van der Waals surface area contributed by atoms with E-state index in [0.717, 1.165) is 24.9 Å². The number of rotatable bonds is 6. The third-order valence-corrected chi connectivity index (χ3v) is 4.54. The predicted octanol–water partition coefficient (Wildman–Crippen LogP) is 3.26. The summed E-state index contributed by atoms with van der Waals surface area (Å²) in [5.41, 5.74) is 1.46. The van der Waals surface area contributed by atoms with Crippen molar-refractivity contribution in [2.45, 2.75) is 51.7 Å². The zero-order valence-corrected chi connectivity index (χ0v) is 15.3. The van der Waals surface area contributed by atoms with Crippen molar-refractivity contribution in [3.63, 3.8) is 0 Å². The van der Waals surface area contributed by atoms with Crippen LogP contribution in [0.2, 0.25) is 0 Å². The summed E-state index contributed by atoms with van der Waals surface area (Å²) >= 11 is 0. The largest absolute Gasteiger partial charge is 0.378 e. The molecule has 0 unspecified atom stereocenters. The van der Waals surface area contributed by atoms with Gasteiger partial charge in [-0.2, -0.15) is 5.10 Å². The number of carbonyl (C=O) groups excluding carboxylic acids is 1. The summed E-state index contributed by atoms with van der Waals surface area (Å²) in [6, 6.07) is 8.07. The van der Waals surface area contributed by atoms with Gasteiger partial charge in [-0.3, -0.25) is 4.79 Å². The first-order valence-electron chi connectivity index (χ1n) is 9.21. The van der Waals surface area contributed by atoms with E-state index in [0.29, 0.717) is 18.2 Å². The minimum atomic E-state index is -0.285. The first-order valence-corrected chi connectivity index (χ1v) is 9.21. The third kappa shape index (κ3) is 5.14. The first-order chi connectivity index (χ1) is 12.5. The topological polar surface area (TPSA) is 56.2 Å². The molecule has 2 atom stereocenters. The molecule has 26 heavy (non-hydrogen) atoms. The molecule has 0 aliphatic carbocycles. The van der Waals surface area contributed by atoms with Crippen LogP contribution in [0.15, 0.2) is 36.5 Å². The maximum atomic E-state index is 13.0. The third-order valence-electron chi connectivity index (χ3n) is 4.54. The molecule has 3 rings (SSSR count). The lowest BCUT2D eigenvalue weighted by atomic mass is 9.96. The van der Waals surface area contributed by atoms with Crippen LogP contribution in [0.25, 0.3) is 5.69 Å². The number of nitrogens with one attached hydrogen (secondary N) is 1. The fourth-order valence-electron chi connectivity index (χ4n) is 3.34. The number of hydrogen-bond donors (Lipinski definition) is 1. The quantitative estimate of drug-likeness (QED) is 0.861. The zero-order chi connectivity index (χ0) is 18.5. The van der Waals surface area contributed by atoms with E-state index in [1.807, 2.05) is 6.07 Å². The molecule has 1 saturated heterocycles. The molecule has 1 aliphatic rings. The highest BCUT2D eigenvalue weighted by molar-refractivity contribution is 5.78. The van der Waals surface area contributed by atoms with Gasteiger partial charge in [0.15, 0.2) is 0 Å². The SMILES string of the molecule is CC(C)C[C@H]1C[C@H](NC(=O)Cc2ccn(-c3ccc(F)cc3)n2)CCO1. The molecule has 1 N–H and O–H groups in total. The van der Waals surface area contributed by atoms with Crippen molar-refractivity contribution in [2.75, 3.05) is 6.61 Å². The monoisotopic (exact) mass is 359 g/mol. The molecule has 6 heteroatoms. The van der Waals surface area contributed by atoms with Gasteiger partial charge in [-0.1, -0.05) is 13.8 Å². The van der Waals surface area contributed by atoms with E-state index in [4.69, 9.17) is 4.74 Å². The minimum absolute atomic E-state index is 0.0236.